The van der Waals surface area contributed by atoms with E-state index < -0.39 is 11.8 Å². The van der Waals surface area contributed by atoms with E-state index in [1.165, 1.54) is 6.20 Å². The van der Waals surface area contributed by atoms with Crippen molar-refractivity contribution in [1.29, 1.82) is 0 Å². The SMILES string of the molecule is C=CC(=O)Nc1cccc(C(=O)N2CCCC(CNC(=O)c3[nH]ncc3NC(=O)c3c(Cl)cccc3Cl)C2)c1. The van der Waals surface area contributed by atoms with E-state index in [0.29, 0.717) is 30.9 Å². The van der Waals surface area contributed by atoms with Crippen LogP contribution in [0, 0.1) is 5.92 Å². The first-order chi connectivity index (χ1) is 18.8. The summed E-state index contributed by atoms with van der Waals surface area (Å²) < 4.78 is 0. The van der Waals surface area contributed by atoms with Crippen LogP contribution in [0.15, 0.2) is 61.3 Å². The van der Waals surface area contributed by atoms with Crippen molar-refractivity contribution in [3.8, 4) is 0 Å². The fraction of sp³-hybridized carbons (Fsp3) is 0.222. The zero-order chi connectivity index (χ0) is 27.9. The number of H-pyrrole nitrogens is 1. The number of anilines is 2. The Balaban J connectivity index is 1.35. The van der Waals surface area contributed by atoms with Crippen LogP contribution in [0.5, 0.6) is 0 Å². The number of carbonyl (C=O) groups excluding carboxylic acids is 4. The molecule has 1 aliphatic heterocycles. The molecular formula is C27H26Cl2N6O4. The third kappa shape index (κ3) is 6.84. The molecule has 39 heavy (non-hydrogen) atoms. The highest BCUT2D eigenvalue weighted by molar-refractivity contribution is 6.40. The number of benzene rings is 2. The first-order valence-electron chi connectivity index (χ1n) is 12.2. The topological polar surface area (TPSA) is 136 Å². The third-order valence-corrected chi connectivity index (χ3v) is 6.85. The number of aromatic nitrogens is 2. The van der Waals surface area contributed by atoms with Crippen molar-refractivity contribution in [3.05, 3.63) is 88.2 Å². The molecule has 1 aliphatic rings. The van der Waals surface area contributed by atoms with E-state index in [1.807, 2.05) is 0 Å². The summed E-state index contributed by atoms with van der Waals surface area (Å²) in [4.78, 5) is 52.1. The molecule has 4 N–H and O–H groups in total. The second-order valence-electron chi connectivity index (χ2n) is 8.95. The number of likely N-dealkylation sites (tertiary alicyclic amines) is 1. The monoisotopic (exact) mass is 568 g/mol. The lowest BCUT2D eigenvalue weighted by Crippen LogP contribution is -2.43. The lowest BCUT2D eigenvalue weighted by molar-refractivity contribution is -0.111. The fourth-order valence-electron chi connectivity index (χ4n) is 4.30. The molecule has 0 radical (unpaired) electrons. The molecule has 4 rings (SSSR count). The second-order valence-corrected chi connectivity index (χ2v) is 9.77. The number of nitrogens with zero attached hydrogens (tertiary/aromatic N) is 2. The van der Waals surface area contributed by atoms with Crippen LogP contribution in [0.4, 0.5) is 11.4 Å². The van der Waals surface area contributed by atoms with E-state index in [2.05, 4.69) is 32.7 Å². The number of carbonyl (C=O) groups is 4. The first kappa shape index (κ1) is 27.9. The van der Waals surface area contributed by atoms with Crippen LogP contribution in [0.1, 0.15) is 44.0 Å². The number of aromatic amines is 1. The lowest BCUT2D eigenvalue weighted by atomic mass is 9.97. The fourth-order valence-corrected chi connectivity index (χ4v) is 4.87. The largest absolute Gasteiger partial charge is 0.350 e. The van der Waals surface area contributed by atoms with Crippen LogP contribution in [0.25, 0.3) is 0 Å². The third-order valence-electron chi connectivity index (χ3n) is 6.22. The number of amides is 4. The lowest BCUT2D eigenvalue weighted by Gasteiger charge is -2.33. The van der Waals surface area contributed by atoms with Crippen LogP contribution in [-0.2, 0) is 4.79 Å². The van der Waals surface area contributed by atoms with Gasteiger partial charge in [-0.25, -0.2) is 0 Å². The average molecular weight is 569 g/mol. The highest BCUT2D eigenvalue weighted by Crippen LogP contribution is 2.26. The van der Waals surface area contributed by atoms with Gasteiger partial charge in [0.15, 0.2) is 0 Å². The second kappa shape index (κ2) is 12.6. The van der Waals surface area contributed by atoms with Crippen molar-refractivity contribution in [2.24, 2.45) is 5.92 Å². The molecule has 1 saturated heterocycles. The molecule has 0 saturated carbocycles. The van der Waals surface area contributed by atoms with Gasteiger partial charge >= 0.3 is 0 Å². The Kier molecular flexibility index (Phi) is 9.00. The van der Waals surface area contributed by atoms with Gasteiger partial charge in [0.25, 0.3) is 17.7 Å². The minimum absolute atomic E-state index is 0.0261. The summed E-state index contributed by atoms with van der Waals surface area (Å²) in [6.45, 7) is 4.80. The van der Waals surface area contributed by atoms with Crippen LogP contribution >= 0.6 is 23.2 Å². The highest BCUT2D eigenvalue weighted by atomic mass is 35.5. The van der Waals surface area contributed by atoms with Crippen LogP contribution in [-0.4, -0.2) is 58.4 Å². The highest BCUT2D eigenvalue weighted by Gasteiger charge is 2.26. The Morgan fingerprint density at radius 1 is 1.08 bits per heavy atom. The molecule has 0 spiro atoms. The van der Waals surface area contributed by atoms with Gasteiger partial charge in [-0.1, -0.05) is 41.9 Å². The summed E-state index contributed by atoms with van der Waals surface area (Å²) in [5.41, 5.74) is 1.31. The van der Waals surface area contributed by atoms with Gasteiger partial charge < -0.3 is 20.9 Å². The zero-order valence-electron chi connectivity index (χ0n) is 20.8. The molecule has 2 heterocycles. The maximum atomic E-state index is 13.1. The molecule has 2 aromatic carbocycles. The quantitative estimate of drug-likeness (QED) is 0.299. The molecule has 1 fully saturated rings. The molecular weight excluding hydrogens is 543 g/mol. The summed E-state index contributed by atoms with van der Waals surface area (Å²) in [6, 6.07) is 11.4. The van der Waals surface area contributed by atoms with Gasteiger partial charge in [-0.2, -0.15) is 5.10 Å². The van der Waals surface area contributed by atoms with Gasteiger partial charge in [-0.15, -0.1) is 0 Å². The Hall–Kier alpha value is -4.15. The van der Waals surface area contributed by atoms with Gasteiger partial charge in [0.05, 0.1) is 27.5 Å². The number of hydrogen-bond donors (Lipinski definition) is 4. The van der Waals surface area contributed by atoms with E-state index >= 15 is 0 Å². The Morgan fingerprint density at radius 2 is 1.82 bits per heavy atom. The zero-order valence-corrected chi connectivity index (χ0v) is 22.3. The van der Waals surface area contributed by atoms with E-state index in [0.717, 1.165) is 18.9 Å². The maximum Gasteiger partial charge on any atom is 0.271 e. The number of rotatable bonds is 8. The van der Waals surface area contributed by atoms with E-state index in [9.17, 15) is 19.2 Å². The van der Waals surface area contributed by atoms with Crippen molar-refractivity contribution >= 4 is 58.2 Å². The summed E-state index contributed by atoms with van der Waals surface area (Å²) >= 11 is 12.2. The summed E-state index contributed by atoms with van der Waals surface area (Å²) in [5.74, 6) is -1.52. The Labute approximate surface area is 234 Å². The predicted octanol–water partition coefficient (Wildman–Crippen LogP) is 4.38. The number of hydrogen-bond acceptors (Lipinski definition) is 5. The smallest absolute Gasteiger partial charge is 0.271 e. The Morgan fingerprint density at radius 3 is 2.56 bits per heavy atom. The number of piperidine rings is 1. The maximum absolute atomic E-state index is 13.1. The van der Waals surface area contributed by atoms with Gasteiger partial charge in [-0.05, 0) is 55.2 Å². The van der Waals surface area contributed by atoms with Crippen LogP contribution < -0.4 is 16.0 Å². The van der Waals surface area contributed by atoms with E-state index in [-0.39, 0.29) is 44.7 Å². The molecule has 4 amide bonds. The minimum Gasteiger partial charge on any atom is -0.350 e. The molecule has 1 unspecified atom stereocenters. The van der Waals surface area contributed by atoms with Crippen LogP contribution in [0.2, 0.25) is 10.0 Å². The summed E-state index contributed by atoms with van der Waals surface area (Å²) in [5, 5.41) is 15.0. The number of nitrogens with one attached hydrogen (secondary N) is 4. The molecule has 12 heteroatoms. The molecule has 0 aliphatic carbocycles. The van der Waals surface area contributed by atoms with Crippen molar-refractivity contribution in [3.63, 3.8) is 0 Å². The molecule has 10 nitrogen and oxygen atoms in total. The molecule has 202 valence electrons. The molecule has 1 aromatic heterocycles. The van der Waals surface area contributed by atoms with Crippen LogP contribution in [0.3, 0.4) is 0 Å². The number of halogens is 2. The van der Waals surface area contributed by atoms with E-state index in [1.54, 1.807) is 47.4 Å². The van der Waals surface area contributed by atoms with Crippen molar-refractivity contribution < 1.29 is 19.2 Å². The average Bonchev–Trinajstić information content (AvgIpc) is 3.39. The van der Waals surface area contributed by atoms with Crippen molar-refractivity contribution in [1.82, 2.24) is 20.4 Å². The summed E-state index contributed by atoms with van der Waals surface area (Å²) in [6.07, 6.45) is 4.09. The van der Waals surface area contributed by atoms with Gasteiger partial charge in [0, 0.05) is 30.9 Å². The molecule has 0 bridgehead atoms. The normalized spacial score (nSPS) is 14.8. The standard InChI is InChI=1S/C27H26Cl2N6O4/c1-2-22(36)32-18-8-3-7-17(12-18)27(39)35-11-5-6-16(15-35)13-30-26(38)24-21(14-31-34-24)33-25(37)23-19(28)9-4-10-20(23)29/h2-4,7-10,12,14,16H,1,5-6,11,13,15H2,(H,30,38)(H,31,34)(H,32,36)(H,33,37). The Bertz CT molecular complexity index is 1400. The van der Waals surface area contributed by atoms with E-state index in [4.69, 9.17) is 23.2 Å². The minimum atomic E-state index is -0.574. The van der Waals surface area contributed by atoms with Gasteiger partial charge in [-0.3, -0.25) is 24.3 Å². The predicted molar refractivity (Wildman–Crippen MR) is 149 cm³/mol. The first-order valence-corrected chi connectivity index (χ1v) is 12.9. The van der Waals surface area contributed by atoms with Crippen molar-refractivity contribution in [2.75, 3.05) is 30.3 Å². The molecule has 3 aromatic rings. The van der Waals surface area contributed by atoms with Crippen molar-refractivity contribution in [2.45, 2.75) is 12.8 Å². The molecule has 1 atom stereocenters. The van der Waals surface area contributed by atoms with Gasteiger partial charge in [0.1, 0.15) is 5.69 Å². The summed E-state index contributed by atoms with van der Waals surface area (Å²) in [7, 11) is 0. The van der Waals surface area contributed by atoms with Gasteiger partial charge in [0.2, 0.25) is 5.91 Å².